The molecule has 0 aliphatic carbocycles. The van der Waals surface area contributed by atoms with E-state index in [-0.39, 0.29) is 12.3 Å². The maximum atomic E-state index is 11.3. The number of carboxylic acid groups (broad SMARTS) is 1. The molecule has 1 amide bonds. The fourth-order valence-electron chi connectivity index (χ4n) is 3.74. The average Bonchev–Trinajstić information content (AvgIpc) is 2.86. The molecule has 3 aromatic rings. The summed E-state index contributed by atoms with van der Waals surface area (Å²) in [6.45, 7) is 4.26. The Morgan fingerprint density at radius 1 is 0.886 bits per heavy atom. The van der Waals surface area contributed by atoms with Crippen molar-refractivity contribution in [1.82, 2.24) is 15.3 Å². The molecule has 1 atom stereocenters. The molecule has 0 spiro atoms. The summed E-state index contributed by atoms with van der Waals surface area (Å²) >= 11 is 0. The highest BCUT2D eigenvalue weighted by Gasteiger charge is 2.18. The minimum absolute atomic E-state index is 0.202. The Bertz CT molecular complexity index is 1080. The molecular formula is C28H33N3O4. The Kier molecular flexibility index (Phi) is 9.78. The number of rotatable bonds is 13. The van der Waals surface area contributed by atoms with Crippen molar-refractivity contribution in [1.29, 1.82) is 0 Å². The number of aromatic nitrogens is 2. The van der Waals surface area contributed by atoms with E-state index < -0.39 is 12.0 Å². The SMILES string of the molecule is CCCCCCCOc1ccc(-c2cnc(-c3ccc(CC(NC(C)=O)C(=O)O)cc3)nc2)cc1. The Morgan fingerprint density at radius 2 is 1.51 bits per heavy atom. The van der Waals surface area contributed by atoms with Crippen LogP contribution in [-0.2, 0) is 16.0 Å². The van der Waals surface area contributed by atoms with E-state index in [0.717, 1.165) is 41.0 Å². The van der Waals surface area contributed by atoms with Crippen LogP contribution < -0.4 is 10.1 Å². The van der Waals surface area contributed by atoms with Gasteiger partial charge in [-0.1, -0.05) is 69.0 Å². The van der Waals surface area contributed by atoms with Gasteiger partial charge in [-0.05, 0) is 29.7 Å². The van der Waals surface area contributed by atoms with Gasteiger partial charge in [-0.25, -0.2) is 14.8 Å². The molecule has 0 aliphatic rings. The lowest BCUT2D eigenvalue weighted by Crippen LogP contribution is -2.41. The largest absolute Gasteiger partial charge is 0.494 e. The highest BCUT2D eigenvalue weighted by Crippen LogP contribution is 2.23. The van der Waals surface area contributed by atoms with Crippen LogP contribution in [0.1, 0.15) is 51.5 Å². The molecule has 0 bridgehead atoms. The summed E-state index contributed by atoms with van der Waals surface area (Å²) in [5.74, 6) is 0.0122. The van der Waals surface area contributed by atoms with Crippen molar-refractivity contribution in [3.63, 3.8) is 0 Å². The first kappa shape index (κ1) is 25.9. The summed E-state index contributed by atoms with van der Waals surface area (Å²) in [5, 5.41) is 11.7. The smallest absolute Gasteiger partial charge is 0.326 e. The number of nitrogens with one attached hydrogen (secondary N) is 1. The quantitative estimate of drug-likeness (QED) is 0.326. The van der Waals surface area contributed by atoms with Crippen LogP contribution in [0.3, 0.4) is 0 Å². The zero-order chi connectivity index (χ0) is 25.0. The Hall–Kier alpha value is -3.74. The van der Waals surface area contributed by atoms with Gasteiger partial charge in [0.05, 0.1) is 6.61 Å². The van der Waals surface area contributed by atoms with Crippen LogP contribution in [0.25, 0.3) is 22.5 Å². The maximum absolute atomic E-state index is 11.3. The average molecular weight is 476 g/mol. The van der Waals surface area contributed by atoms with Crippen molar-refractivity contribution in [2.45, 2.75) is 58.4 Å². The van der Waals surface area contributed by atoms with Gasteiger partial charge in [-0.15, -0.1) is 0 Å². The number of benzene rings is 2. The molecule has 2 N–H and O–H groups in total. The van der Waals surface area contributed by atoms with Crippen LogP contribution in [0.2, 0.25) is 0 Å². The number of hydrogen-bond donors (Lipinski definition) is 2. The van der Waals surface area contributed by atoms with Crippen molar-refractivity contribution in [3.8, 4) is 28.3 Å². The normalized spacial score (nSPS) is 11.6. The van der Waals surface area contributed by atoms with Crippen LogP contribution in [0, 0.1) is 0 Å². The van der Waals surface area contributed by atoms with Gasteiger partial charge in [-0.2, -0.15) is 0 Å². The molecule has 0 saturated heterocycles. The molecule has 1 unspecified atom stereocenters. The van der Waals surface area contributed by atoms with Crippen LogP contribution in [0.4, 0.5) is 0 Å². The van der Waals surface area contributed by atoms with E-state index >= 15 is 0 Å². The number of carbonyl (C=O) groups excluding carboxylic acids is 1. The number of ether oxygens (including phenoxy) is 1. The second-order valence-corrected chi connectivity index (χ2v) is 8.57. The van der Waals surface area contributed by atoms with Gasteiger partial charge >= 0.3 is 5.97 Å². The van der Waals surface area contributed by atoms with Gasteiger partial charge in [-0.3, -0.25) is 4.79 Å². The molecule has 184 valence electrons. The summed E-state index contributed by atoms with van der Waals surface area (Å²) in [6.07, 6.45) is 9.86. The predicted octanol–water partition coefficient (Wildman–Crippen LogP) is 5.29. The second kappa shape index (κ2) is 13.2. The van der Waals surface area contributed by atoms with Gasteiger partial charge in [0.25, 0.3) is 0 Å². The van der Waals surface area contributed by atoms with Crippen LogP contribution in [0.15, 0.2) is 60.9 Å². The fraction of sp³-hybridized carbons (Fsp3) is 0.357. The summed E-state index contributed by atoms with van der Waals surface area (Å²) < 4.78 is 5.84. The first-order valence-corrected chi connectivity index (χ1v) is 12.1. The molecule has 0 fully saturated rings. The van der Waals surface area contributed by atoms with Gasteiger partial charge in [0, 0.05) is 36.9 Å². The van der Waals surface area contributed by atoms with E-state index in [1.54, 1.807) is 12.4 Å². The number of carbonyl (C=O) groups is 2. The fourth-order valence-corrected chi connectivity index (χ4v) is 3.74. The van der Waals surface area contributed by atoms with Gasteiger partial charge < -0.3 is 15.2 Å². The molecule has 2 aromatic carbocycles. The first-order chi connectivity index (χ1) is 17.0. The zero-order valence-corrected chi connectivity index (χ0v) is 20.4. The van der Waals surface area contributed by atoms with E-state index in [9.17, 15) is 14.7 Å². The maximum Gasteiger partial charge on any atom is 0.326 e. The van der Waals surface area contributed by atoms with E-state index in [1.807, 2.05) is 48.5 Å². The van der Waals surface area contributed by atoms with Crippen molar-refractivity contribution in [2.75, 3.05) is 6.61 Å². The Morgan fingerprint density at radius 3 is 2.11 bits per heavy atom. The lowest BCUT2D eigenvalue weighted by Gasteiger charge is -2.13. The number of amides is 1. The Balaban J connectivity index is 1.56. The number of aliphatic carboxylic acids is 1. The minimum atomic E-state index is -1.06. The molecule has 0 saturated carbocycles. The number of carboxylic acids is 1. The van der Waals surface area contributed by atoms with Crippen molar-refractivity contribution < 1.29 is 19.4 Å². The van der Waals surface area contributed by atoms with E-state index in [2.05, 4.69) is 22.2 Å². The van der Waals surface area contributed by atoms with Crippen LogP contribution in [0.5, 0.6) is 5.75 Å². The first-order valence-electron chi connectivity index (χ1n) is 12.1. The molecule has 1 heterocycles. The molecule has 1 aromatic heterocycles. The van der Waals surface area contributed by atoms with Gasteiger partial charge in [0.2, 0.25) is 5.91 Å². The second-order valence-electron chi connectivity index (χ2n) is 8.57. The molecule has 35 heavy (non-hydrogen) atoms. The van der Waals surface area contributed by atoms with Crippen molar-refractivity contribution >= 4 is 11.9 Å². The van der Waals surface area contributed by atoms with Crippen molar-refractivity contribution in [3.05, 3.63) is 66.5 Å². The number of hydrogen-bond acceptors (Lipinski definition) is 5. The highest BCUT2D eigenvalue weighted by molar-refractivity contribution is 5.82. The third-order valence-electron chi connectivity index (χ3n) is 5.68. The molecule has 0 aliphatic heterocycles. The van der Waals surface area contributed by atoms with Gasteiger partial charge in [0.15, 0.2) is 5.82 Å². The minimum Gasteiger partial charge on any atom is -0.494 e. The van der Waals surface area contributed by atoms with Crippen LogP contribution in [-0.4, -0.2) is 39.6 Å². The molecule has 3 rings (SSSR count). The predicted molar refractivity (Wildman–Crippen MR) is 136 cm³/mol. The highest BCUT2D eigenvalue weighted by atomic mass is 16.5. The lowest BCUT2D eigenvalue weighted by atomic mass is 10.0. The molecule has 7 nitrogen and oxygen atoms in total. The zero-order valence-electron chi connectivity index (χ0n) is 20.4. The Labute approximate surface area is 206 Å². The summed E-state index contributed by atoms with van der Waals surface area (Å²) in [7, 11) is 0. The standard InChI is InChI=1S/C28H33N3O4/c1-3-4-5-6-7-16-35-25-14-12-22(13-15-25)24-18-29-27(30-19-24)23-10-8-21(9-11-23)17-26(28(33)34)31-20(2)32/h8-15,18-19,26H,3-7,16-17H2,1-2H3,(H,31,32)(H,33,34). The van der Waals surface area contributed by atoms with E-state index in [0.29, 0.717) is 5.82 Å². The van der Waals surface area contributed by atoms with E-state index in [1.165, 1.54) is 32.6 Å². The van der Waals surface area contributed by atoms with Crippen LogP contribution >= 0.6 is 0 Å². The summed E-state index contributed by atoms with van der Waals surface area (Å²) in [4.78, 5) is 31.6. The third-order valence-corrected chi connectivity index (χ3v) is 5.68. The number of unbranched alkanes of at least 4 members (excludes halogenated alkanes) is 4. The lowest BCUT2D eigenvalue weighted by molar-refractivity contribution is -0.141. The summed E-state index contributed by atoms with van der Waals surface area (Å²) in [5.41, 5.74) is 3.56. The van der Waals surface area contributed by atoms with E-state index in [4.69, 9.17) is 4.74 Å². The summed E-state index contributed by atoms with van der Waals surface area (Å²) in [6, 6.07) is 14.4. The van der Waals surface area contributed by atoms with Crippen molar-refractivity contribution in [2.24, 2.45) is 0 Å². The molecular weight excluding hydrogens is 442 g/mol. The number of nitrogens with zero attached hydrogens (tertiary/aromatic N) is 2. The third kappa shape index (κ3) is 8.21. The molecule has 0 radical (unpaired) electrons. The van der Waals surface area contributed by atoms with Gasteiger partial charge in [0.1, 0.15) is 11.8 Å². The monoisotopic (exact) mass is 475 g/mol. The topological polar surface area (TPSA) is 101 Å². The molecule has 7 heteroatoms.